The van der Waals surface area contributed by atoms with Gasteiger partial charge in [-0.3, -0.25) is 9.59 Å². The lowest BCUT2D eigenvalue weighted by Crippen LogP contribution is -2.22. The van der Waals surface area contributed by atoms with Crippen LogP contribution in [0.25, 0.3) is 0 Å². The quantitative estimate of drug-likeness (QED) is 0.414. The number of esters is 1. The van der Waals surface area contributed by atoms with Crippen molar-refractivity contribution in [2.75, 3.05) is 18.5 Å². The van der Waals surface area contributed by atoms with Gasteiger partial charge in [-0.05, 0) is 31.2 Å². The highest BCUT2D eigenvalue weighted by atomic mass is 32.2. The number of rotatable bonds is 8. The fraction of sp³-hybridized carbons (Fsp3) is 0.150. The maximum atomic E-state index is 12.4. The molecule has 0 spiro atoms. The summed E-state index contributed by atoms with van der Waals surface area (Å²) >= 11 is 1.51. The van der Waals surface area contributed by atoms with E-state index in [0.29, 0.717) is 5.69 Å². The van der Waals surface area contributed by atoms with E-state index < -0.39 is 11.9 Å². The average molecular weight is 381 g/mol. The predicted octanol–water partition coefficient (Wildman–Crippen LogP) is 3.34. The van der Waals surface area contributed by atoms with Crippen molar-refractivity contribution in [3.63, 3.8) is 0 Å². The third kappa shape index (κ3) is 6.53. The average Bonchev–Trinajstić information content (AvgIpc) is 2.68. The van der Waals surface area contributed by atoms with E-state index in [2.05, 4.69) is 10.6 Å². The van der Waals surface area contributed by atoms with Crippen molar-refractivity contribution in [2.24, 2.45) is 0 Å². The molecule has 0 atom stereocenters. The third-order valence-corrected chi connectivity index (χ3v) is 4.35. The Morgan fingerprint density at radius 2 is 1.85 bits per heavy atom. The SMILES string of the molecule is CCOC(=O)CN/C=C(/C#N)C(=O)Nc1ccccc1Sc1ccccc1. The van der Waals surface area contributed by atoms with Gasteiger partial charge in [-0.2, -0.15) is 5.26 Å². The van der Waals surface area contributed by atoms with Gasteiger partial charge in [-0.25, -0.2) is 0 Å². The normalized spacial score (nSPS) is 10.6. The Morgan fingerprint density at radius 1 is 1.15 bits per heavy atom. The lowest BCUT2D eigenvalue weighted by Gasteiger charge is -2.10. The number of carbonyl (C=O) groups is 2. The summed E-state index contributed by atoms with van der Waals surface area (Å²) in [4.78, 5) is 25.6. The van der Waals surface area contributed by atoms with Crippen LogP contribution >= 0.6 is 11.8 Å². The summed E-state index contributed by atoms with van der Waals surface area (Å²) in [5.41, 5.74) is 0.460. The molecule has 0 radical (unpaired) electrons. The molecule has 0 unspecified atom stereocenters. The zero-order valence-electron chi connectivity index (χ0n) is 14.8. The van der Waals surface area contributed by atoms with Crippen LogP contribution in [0.15, 0.2) is 76.2 Å². The molecule has 0 aliphatic heterocycles. The standard InChI is InChI=1S/C20H19N3O3S/c1-2-26-19(24)14-22-13-15(12-21)20(25)23-17-10-6-7-11-18(17)27-16-8-4-3-5-9-16/h3-11,13,22H,2,14H2,1H3,(H,23,25)/b15-13-. The molecule has 2 aromatic rings. The predicted molar refractivity (Wildman–Crippen MR) is 104 cm³/mol. The third-order valence-electron chi connectivity index (χ3n) is 3.27. The van der Waals surface area contributed by atoms with E-state index in [0.717, 1.165) is 9.79 Å². The second-order valence-electron chi connectivity index (χ2n) is 5.22. The lowest BCUT2D eigenvalue weighted by molar-refractivity contribution is -0.141. The number of anilines is 1. The first-order chi connectivity index (χ1) is 13.1. The Labute approximate surface area is 162 Å². The Balaban J connectivity index is 2.06. The monoisotopic (exact) mass is 381 g/mol. The van der Waals surface area contributed by atoms with Crippen LogP contribution in [0.2, 0.25) is 0 Å². The van der Waals surface area contributed by atoms with Crippen LogP contribution in [0.5, 0.6) is 0 Å². The van der Waals surface area contributed by atoms with Gasteiger partial charge in [0.15, 0.2) is 0 Å². The van der Waals surface area contributed by atoms with Crippen molar-refractivity contribution >= 4 is 29.3 Å². The summed E-state index contributed by atoms with van der Waals surface area (Å²) in [6.45, 7) is 1.85. The zero-order chi connectivity index (χ0) is 19.5. The minimum absolute atomic E-state index is 0.118. The molecular formula is C20H19N3O3S. The molecule has 0 aromatic heterocycles. The molecule has 2 rings (SSSR count). The number of ether oxygens (including phenoxy) is 1. The molecule has 6 nitrogen and oxygen atoms in total. The highest BCUT2D eigenvalue weighted by molar-refractivity contribution is 7.99. The van der Waals surface area contributed by atoms with Crippen molar-refractivity contribution < 1.29 is 14.3 Å². The van der Waals surface area contributed by atoms with Crippen LogP contribution in [0.3, 0.4) is 0 Å². The van der Waals surface area contributed by atoms with E-state index >= 15 is 0 Å². The minimum atomic E-state index is -0.560. The van der Waals surface area contributed by atoms with Gasteiger partial charge in [0.2, 0.25) is 0 Å². The number of benzene rings is 2. The smallest absolute Gasteiger partial charge is 0.325 e. The molecule has 7 heteroatoms. The van der Waals surface area contributed by atoms with Gasteiger partial charge in [-0.1, -0.05) is 42.1 Å². The van der Waals surface area contributed by atoms with E-state index in [1.165, 1.54) is 18.0 Å². The van der Waals surface area contributed by atoms with Gasteiger partial charge in [-0.15, -0.1) is 0 Å². The molecule has 1 amide bonds. The van der Waals surface area contributed by atoms with Crippen LogP contribution in [0.1, 0.15) is 6.92 Å². The summed E-state index contributed by atoms with van der Waals surface area (Å²) in [5, 5.41) is 14.6. The molecule has 0 aliphatic rings. The van der Waals surface area contributed by atoms with Crippen molar-refractivity contribution in [3.8, 4) is 6.07 Å². The van der Waals surface area contributed by atoms with Gasteiger partial charge in [0.25, 0.3) is 5.91 Å². The second-order valence-corrected chi connectivity index (χ2v) is 6.34. The number of hydrogen-bond acceptors (Lipinski definition) is 6. The van der Waals surface area contributed by atoms with Crippen molar-refractivity contribution in [3.05, 3.63) is 66.4 Å². The molecule has 0 fully saturated rings. The van der Waals surface area contributed by atoms with Gasteiger partial charge in [0.05, 0.1) is 12.3 Å². The molecule has 138 valence electrons. The van der Waals surface area contributed by atoms with E-state index in [9.17, 15) is 14.9 Å². The topological polar surface area (TPSA) is 91.2 Å². The lowest BCUT2D eigenvalue weighted by atomic mass is 10.2. The Morgan fingerprint density at radius 3 is 2.56 bits per heavy atom. The molecule has 0 bridgehead atoms. The molecule has 0 saturated carbocycles. The molecule has 2 N–H and O–H groups in total. The number of nitriles is 1. The first-order valence-electron chi connectivity index (χ1n) is 8.26. The van der Waals surface area contributed by atoms with Crippen LogP contribution in [0.4, 0.5) is 5.69 Å². The fourth-order valence-electron chi connectivity index (χ4n) is 2.06. The summed E-state index contributed by atoms with van der Waals surface area (Å²) in [5.74, 6) is -1.02. The van der Waals surface area contributed by atoms with Crippen LogP contribution in [-0.2, 0) is 14.3 Å². The number of amides is 1. The maximum absolute atomic E-state index is 12.4. The summed E-state index contributed by atoms with van der Waals surface area (Å²) in [7, 11) is 0. The molecule has 0 aliphatic carbocycles. The van der Waals surface area contributed by atoms with Crippen molar-refractivity contribution in [2.45, 2.75) is 16.7 Å². The Kier molecular flexibility index (Phi) is 7.94. The molecule has 27 heavy (non-hydrogen) atoms. The summed E-state index contributed by atoms with van der Waals surface area (Å²) < 4.78 is 4.77. The number of carbonyl (C=O) groups excluding carboxylic acids is 2. The van der Waals surface area contributed by atoms with Crippen molar-refractivity contribution in [1.29, 1.82) is 5.26 Å². The highest BCUT2D eigenvalue weighted by Gasteiger charge is 2.12. The number of nitrogens with zero attached hydrogens (tertiary/aromatic N) is 1. The van der Waals surface area contributed by atoms with Gasteiger partial charge >= 0.3 is 5.97 Å². The van der Waals surface area contributed by atoms with Crippen molar-refractivity contribution in [1.82, 2.24) is 5.32 Å². The van der Waals surface area contributed by atoms with E-state index in [1.807, 2.05) is 48.5 Å². The summed E-state index contributed by atoms with van der Waals surface area (Å²) in [6, 6.07) is 18.9. The molecule has 0 saturated heterocycles. The largest absolute Gasteiger partial charge is 0.465 e. The first-order valence-corrected chi connectivity index (χ1v) is 9.08. The van der Waals surface area contributed by atoms with E-state index in [-0.39, 0.29) is 18.7 Å². The van der Waals surface area contributed by atoms with Gasteiger partial charge in [0, 0.05) is 16.0 Å². The number of para-hydroxylation sites is 1. The molecular weight excluding hydrogens is 362 g/mol. The van der Waals surface area contributed by atoms with E-state index in [4.69, 9.17) is 4.74 Å². The van der Waals surface area contributed by atoms with Gasteiger partial charge < -0.3 is 15.4 Å². The van der Waals surface area contributed by atoms with E-state index in [1.54, 1.807) is 19.1 Å². The number of hydrogen-bond donors (Lipinski definition) is 2. The van der Waals surface area contributed by atoms with Gasteiger partial charge in [0.1, 0.15) is 18.2 Å². The number of nitrogens with one attached hydrogen (secondary N) is 2. The van der Waals surface area contributed by atoms with Crippen LogP contribution in [-0.4, -0.2) is 25.0 Å². The Hall–Kier alpha value is -3.24. The maximum Gasteiger partial charge on any atom is 0.325 e. The fourth-order valence-corrected chi connectivity index (χ4v) is 2.98. The molecule has 0 heterocycles. The highest BCUT2D eigenvalue weighted by Crippen LogP contribution is 2.33. The minimum Gasteiger partial charge on any atom is -0.465 e. The zero-order valence-corrected chi connectivity index (χ0v) is 15.6. The Bertz CT molecular complexity index is 860. The first kappa shape index (κ1) is 20.1. The molecule has 2 aromatic carbocycles. The summed E-state index contributed by atoms with van der Waals surface area (Å²) in [6.07, 6.45) is 1.21. The van der Waals surface area contributed by atoms with Crippen LogP contribution < -0.4 is 10.6 Å². The second kappa shape index (κ2) is 10.7. The van der Waals surface area contributed by atoms with Crippen LogP contribution in [0, 0.1) is 11.3 Å².